The zero-order chi connectivity index (χ0) is 35.5. The highest BCUT2D eigenvalue weighted by molar-refractivity contribution is 6.09. The molecule has 2 nitrogen and oxygen atoms in total. The van der Waals surface area contributed by atoms with E-state index in [-0.39, 0.29) is 5.41 Å². The van der Waals surface area contributed by atoms with Crippen molar-refractivity contribution in [2.24, 2.45) is 0 Å². The number of rotatable bonds is 6. The lowest BCUT2D eigenvalue weighted by atomic mass is 9.82. The van der Waals surface area contributed by atoms with Crippen LogP contribution in [0, 0.1) is 0 Å². The molecular formula is C51H38N2. The molecule has 0 unspecified atom stereocenters. The minimum atomic E-state index is -0.0436. The van der Waals surface area contributed by atoms with Crippen LogP contribution in [0.1, 0.15) is 25.0 Å². The Kier molecular flexibility index (Phi) is 7.19. The van der Waals surface area contributed by atoms with E-state index in [2.05, 4.69) is 217 Å². The second kappa shape index (κ2) is 12.3. The largest absolute Gasteiger partial charge is 0.310 e. The normalized spacial score (nSPS) is 12.9. The van der Waals surface area contributed by atoms with Gasteiger partial charge in [0.15, 0.2) is 0 Å². The number of anilines is 3. The molecule has 0 aliphatic heterocycles. The summed E-state index contributed by atoms with van der Waals surface area (Å²) in [6.07, 6.45) is 0. The van der Waals surface area contributed by atoms with E-state index in [4.69, 9.17) is 0 Å². The highest BCUT2D eigenvalue weighted by Gasteiger charge is 2.35. The Labute approximate surface area is 310 Å². The molecule has 1 aromatic heterocycles. The van der Waals surface area contributed by atoms with Gasteiger partial charge in [0.1, 0.15) is 0 Å². The van der Waals surface area contributed by atoms with Gasteiger partial charge in [-0.25, -0.2) is 0 Å². The molecular weight excluding hydrogens is 641 g/mol. The summed E-state index contributed by atoms with van der Waals surface area (Å²) in [6.45, 7) is 4.68. The summed E-state index contributed by atoms with van der Waals surface area (Å²) in [6, 6.07) is 70.8. The fraction of sp³-hybridized carbons (Fsp3) is 0.0588. The van der Waals surface area contributed by atoms with Gasteiger partial charge in [0.2, 0.25) is 0 Å². The average Bonchev–Trinajstić information content (AvgIpc) is 3.67. The van der Waals surface area contributed by atoms with Crippen molar-refractivity contribution in [3.63, 3.8) is 0 Å². The van der Waals surface area contributed by atoms with E-state index in [0.29, 0.717) is 0 Å². The summed E-state index contributed by atoms with van der Waals surface area (Å²) in [5.74, 6) is 0. The van der Waals surface area contributed by atoms with Gasteiger partial charge in [0.25, 0.3) is 0 Å². The maximum absolute atomic E-state index is 2.42. The summed E-state index contributed by atoms with van der Waals surface area (Å²) in [5, 5.41) is 2.53. The minimum Gasteiger partial charge on any atom is -0.310 e. The maximum Gasteiger partial charge on any atom is 0.0541 e. The van der Waals surface area contributed by atoms with Gasteiger partial charge in [-0.05, 0) is 93.5 Å². The van der Waals surface area contributed by atoms with Crippen LogP contribution in [0.4, 0.5) is 17.1 Å². The first-order chi connectivity index (χ1) is 26.1. The third-order valence-corrected chi connectivity index (χ3v) is 11.2. The molecule has 0 N–H and O–H groups in total. The number of aromatic nitrogens is 1. The molecule has 1 aliphatic rings. The molecule has 0 radical (unpaired) electrons. The van der Waals surface area contributed by atoms with Crippen LogP contribution in [0.15, 0.2) is 194 Å². The SMILES string of the molecule is CC1(C)c2ccccc2-c2cc(N(c3ccc(-c4ccccc4)cc3)c3ccc(-c4ccccc4-n4c5ccccc5c5ccccc54)cc3)ccc21. The van der Waals surface area contributed by atoms with E-state index >= 15 is 0 Å². The third-order valence-electron chi connectivity index (χ3n) is 11.2. The summed E-state index contributed by atoms with van der Waals surface area (Å²) in [5.41, 5.74) is 17.1. The lowest BCUT2D eigenvalue weighted by molar-refractivity contribution is 0.660. The molecule has 2 heteroatoms. The van der Waals surface area contributed by atoms with Crippen molar-refractivity contribution in [1.29, 1.82) is 0 Å². The quantitative estimate of drug-likeness (QED) is 0.170. The third kappa shape index (κ3) is 5.02. The molecule has 0 fully saturated rings. The first kappa shape index (κ1) is 31.1. The zero-order valence-electron chi connectivity index (χ0n) is 29.9. The van der Waals surface area contributed by atoms with Gasteiger partial charge in [0, 0.05) is 38.8 Å². The van der Waals surface area contributed by atoms with Gasteiger partial charge in [0.05, 0.1) is 16.7 Å². The van der Waals surface area contributed by atoms with Crippen molar-refractivity contribution in [3.8, 4) is 39.1 Å². The van der Waals surface area contributed by atoms with Crippen LogP contribution in [-0.4, -0.2) is 4.57 Å². The molecule has 10 rings (SSSR count). The summed E-state index contributed by atoms with van der Waals surface area (Å²) < 4.78 is 2.42. The first-order valence-electron chi connectivity index (χ1n) is 18.4. The summed E-state index contributed by atoms with van der Waals surface area (Å²) in [7, 11) is 0. The van der Waals surface area contributed by atoms with Crippen LogP contribution in [0.5, 0.6) is 0 Å². The van der Waals surface area contributed by atoms with Crippen molar-refractivity contribution >= 4 is 38.9 Å². The molecule has 0 saturated carbocycles. The monoisotopic (exact) mass is 678 g/mol. The number of fused-ring (bicyclic) bond motifs is 6. The Morgan fingerprint density at radius 1 is 0.377 bits per heavy atom. The van der Waals surface area contributed by atoms with E-state index in [1.54, 1.807) is 0 Å². The zero-order valence-corrected chi connectivity index (χ0v) is 29.9. The van der Waals surface area contributed by atoms with Gasteiger partial charge in [-0.1, -0.05) is 153 Å². The van der Waals surface area contributed by atoms with Crippen LogP contribution >= 0.6 is 0 Å². The molecule has 8 aromatic carbocycles. The second-order valence-corrected chi connectivity index (χ2v) is 14.6. The number of para-hydroxylation sites is 3. The van der Waals surface area contributed by atoms with E-state index < -0.39 is 0 Å². The highest BCUT2D eigenvalue weighted by atomic mass is 15.1. The number of nitrogens with zero attached hydrogens (tertiary/aromatic N) is 2. The molecule has 1 heterocycles. The van der Waals surface area contributed by atoms with Crippen molar-refractivity contribution in [1.82, 2.24) is 4.57 Å². The van der Waals surface area contributed by atoms with Gasteiger partial charge < -0.3 is 9.47 Å². The lowest BCUT2D eigenvalue weighted by Gasteiger charge is -2.27. The molecule has 0 spiro atoms. The van der Waals surface area contributed by atoms with E-state index in [1.807, 2.05) is 0 Å². The van der Waals surface area contributed by atoms with E-state index in [0.717, 1.165) is 17.1 Å². The van der Waals surface area contributed by atoms with Crippen molar-refractivity contribution in [2.45, 2.75) is 19.3 Å². The van der Waals surface area contributed by atoms with Crippen molar-refractivity contribution in [3.05, 3.63) is 205 Å². The van der Waals surface area contributed by atoms with Crippen LogP contribution in [-0.2, 0) is 5.41 Å². The standard InChI is InChI=1S/C51H38N2/c1-51(2)46-20-10-6-17-42(46)45-34-40(32-33-47(45)51)52(38-28-24-36(25-29-38)35-14-4-3-5-15-35)39-30-26-37(27-31-39)41-16-7-11-21-48(41)53-49-22-12-8-18-43(49)44-19-9-13-23-50(44)53/h3-34H,1-2H3. The van der Waals surface area contributed by atoms with E-state index in [1.165, 1.54) is 72.0 Å². The molecule has 53 heavy (non-hydrogen) atoms. The molecule has 252 valence electrons. The van der Waals surface area contributed by atoms with Gasteiger partial charge in [-0.3, -0.25) is 0 Å². The maximum atomic E-state index is 2.42. The Morgan fingerprint density at radius 2 is 0.868 bits per heavy atom. The van der Waals surface area contributed by atoms with Gasteiger partial charge in [-0.15, -0.1) is 0 Å². The Balaban J connectivity index is 1.10. The Hall–Kier alpha value is -6.64. The fourth-order valence-corrected chi connectivity index (χ4v) is 8.61. The van der Waals surface area contributed by atoms with Crippen LogP contribution < -0.4 is 4.90 Å². The predicted octanol–water partition coefficient (Wildman–Crippen LogP) is 13.9. The summed E-state index contributed by atoms with van der Waals surface area (Å²) in [4.78, 5) is 2.39. The van der Waals surface area contributed by atoms with Crippen LogP contribution in [0.25, 0.3) is 60.9 Å². The molecule has 1 aliphatic carbocycles. The Morgan fingerprint density at radius 3 is 1.55 bits per heavy atom. The first-order valence-corrected chi connectivity index (χ1v) is 18.4. The minimum absolute atomic E-state index is 0.0436. The average molecular weight is 679 g/mol. The van der Waals surface area contributed by atoms with Crippen molar-refractivity contribution in [2.75, 3.05) is 4.90 Å². The van der Waals surface area contributed by atoms with Crippen LogP contribution in [0.2, 0.25) is 0 Å². The van der Waals surface area contributed by atoms with Crippen LogP contribution in [0.3, 0.4) is 0 Å². The van der Waals surface area contributed by atoms with Gasteiger partial charge >= 0.3 is 0 Å². The molecule has 0 bridgehead atoms. The topological polar surface area (TPSA) is 8.17 Å². The summed E-state index contributed by atoms with van der Waals surface area (Å²) >= 11 is 0. The number of benzene rings is 8. The number of hydrogen-bond donors (Lipinski definition) is 0. The van der Waals surface area contributed by atoms with E-state index in [9.17, 15) is 0 Å². The molecule has 0 atom stereocenters. The highest BCUT2D eigenvalue weighted by Crippen LogP contribution is 2.50. The van der Waals surface area contributed by atoms with Gasteiger partial charge in [-0.2, -0.15) is 0 Å². The molecule has 0 saturated heterocycles. The Bertz CT molecular complexity index is 2730. The molecule has 0 amide bonds. The predicted molar refractivity (Wildman–Crippen MR) is 224 cm³/mol. The smallest absolute Gasteiger partial charge is 0.0541 e. The number of hydrogen-bond acceptors (Lipinski definition) is 1. The second-order valence-electron chi connectivity index (χ2n) is 14.6. The molecule has 9 aromatic rings. The van der Waals surface area contributed by atoms with Crippen molar-refractivity contribution < 1.29 is 0 Å². The lowest BCUT2D eigenvalue weighted by Crippen LogP contribution is -2.15. The fourth-order valence-electron chi connectivity index (χ4n) is 8.61.